The van der Waals surface area contributed by atoms with Gasteiger partial charge >= 0.3 is 5.97 Å². The number of carbonyl (C=O) groups is 2. The predicted octanol–water partition coefficient (Wildman–Crippen LogP) is -0.0312. The number of carboxylic acid groups (broad SMARTS) is 1. The first-order valence-electron chi connectivity index (χ1n) is 5.21. The maximum absolute atomic E-state index is 11.2. The van der Waals surface area contributed by atoms with E-state index in [2.05, 4.69) is 16.6 Å². The van der Waals surface area contributed by atoms with Crippen LogP contribution in [0, 0.1) is 12.3 Å². The number of amides is 1. The molecule has 0 spiro atoms. The lowest BCUT2D eigenvalue weighted by molar-refractivity contribution is -0.145. The van der Waals surface area contributed by atoms with Gasteiger partial charge in [0.1, 0.15) is 5.54 Å². The molecule has 0 heterocycles. The van der Waals surface area contributed by atoms with Crippen LogP contribution in [0.4, 0.5) is 0 Å². The van der Waals surface area contributed by atoms with Crippen molar-refractivity contribution in [2.24, 2.45) is 0 Å². The number of rotatable bonds is 7. The smallest absolute Gasteiger partial charge is 0.323 e. The quantitative estimate of drug-likeness (QED) is 0.533. The number of hydrogen-bond acceptors (Lipinski definition) is 3. The summed E-state index contributed by atoms with van der Waals surface area (Å²) < 4.78 is 0. The van der Waals surface area contributed by atoms with Gasteiger partial charge in [-0.25, -0.2) is 0 Å². The third kappa shape index (κ3) is 3.91. The molecular weight excluding hydrogens is 208 g/mol. The summed E-state index contributed by atoms with van der Waals surface area (Å²) in [5.41, 5.74) is -1.03. The van der Waals surface area contributed by atoms with E-state index in [1.54, 1.807) is 13.8 Å². The SMILES string of the molecule is C#CCNC(=O)CNC(CC)(CC)C(=O)O. The Labute approximate surface area is 95.6 Å². The number of aliphatic carboxylic acids is 1. The van der Waals surface area contributed by atoms with E-state index in [-0.39, 0.29) is 19.0 Å². The van der Waals surface area contributed by atoms with Crippen LogP contribution in [0.1, 0.15) is 26.7 Å². The molecular formula is C11H18N2O3. The van der Waals surface area contributed by atoms with Gasteiger partial charge in [0.05, 0.1) is 13.1 Å². The van der Waals surface area contributed by atoms with Crippen molar-refractivity contribution in [3.8, 4) is 12.3 Å². The molecule has 5 nitrogen and oxygen atoms in total. The van der Waals surface area contributed by atoms with Crippen LogP contribution < -0.4 is 10.6 Å². The summed E-state index contributed by atoms with van der Waals surface area (Å²) in [6, 6.07) is 0. The van der Waals surface area contributed by atoms with Crippen LogP contribution in [-0.4, -0.2) is 35.6 Å². The third-order valence-electron chi connectivity index (χ3n) is 2.59. The van der Waals surface area contributed by atoms with Gasteiger partial charge in [-0.2, -0.15) is 0 Å². The Hall–Kier alpha value is -1.54. The molecule has 16 heavy (non-hydrogen) atoms. The van der Waals surface area contributed by atoms with Gasteiger partial charge in [-0.15, -0.1) is 6.42 Å². The molecule has 0 radical (unpaired) electrons. The van der Waals surface area contributed by atoms with E-state index in [1.807, 2.05) is 0 Å². The van der Waals surface area contributed by atoms with Crippen molar-refractivity contribution in [1.29, 1.82) is 0 Å². The molecule has 0 rings (SSSR count). The summed E-state index contributed by atoms with van der Waals surface area (Å²) in [5.74, 6) is 1.03. The predicted molar refractivity (Wildman–Crippen MR) is 60.8 cm³/mol. The number of terminal acetylenes is 1. The highest BCUT2D eigenvalue weighted by Crippen LogP contribution is 2.14. The van der Waals surface area contributed by atoms with Gasteiger partial charge in [0.2, 0.25) is 5.91 Å². The molecule has 0 saturated carbocycles. The lowest BCUT2D eigenvalue weighted by Gasteiger charge is -2.27. The Morgan fingerprint density at radius 3 is 2.31 bits per heavy atom. The highest BCUT2D eigenvalue weighted by atomic mass is 16.4. The van der Waals surface area contributed by atoms with Gasteiger partial charge in [0.25, 0.3) is 0 Å². The largest absolute Gasteiger partial charge is 0.480 e. The molecule has 0 fully saturated rings. The molecule has 0 unspecified atom stereocenters. The Morgan fingerprint density at radius 2 is 1.94 bits per heavy atom. The van der Waals surface area contributed by atoms with Gasteiger partial charge in [0, 0.05) is 0 Å². The van der Waals surface area contributed by atoms with Crippen LogP contribution in [0.15, 0.2) is 0 Å². The van der Waals surface area contributed by atoms with Crippen molar-refractivity contribution in [2.45, 2.75) is 32.2 Å². The molecule has 0 atom stereocenters. The zero-order chi connectivity index (χ0) is 12.6. The number of nitrogens with one attached hydrogen (secondary N) is 2. The molecule has 3 N–H and O–H groups in total. The average molecular weight is 226 g/mol. The fourth-order valence-corrected chi connectivity index (χ4v) is 1.34. The summed E-state index contributed by atoms with van der Waals surface area (Å²) in [7, 11) is 0. The van der Waals surface area contributed by atoms with E-state index in [9.17, 15) is 9.59 Å². The fourth-order valence-electron chi connectivity index (χ4n) is 1.34. The summed E-state index contributed by atoms with van der Waals surface area (Å²) >= 11 is 0. The molecule has 0 saturated heterocycles. The third-order valence-corrected chi connectivity index (χ3v) is 2.59. The monoisotopic (exact) mass is 226 g/mol. The summed E-state index contributed by atoms with van der Waals surface area (Å²) in [6.45, 7) is 3.64. The van der Waals surface area contributed by atoms with Crippen molar-refractivity contribution in [2.75, 3.05) is 13.1 Å². The first kappa shape index (κ1) is 14.5. The number of hydrogen-bond donors (Lipinski definition) is 3. The number of carboxylic acids is 1. The zero-order valence-electron chi connectivity index (χ0n) is 9.67. The molecule has 5 heteroatoms. The molecule has 0 aliphatic heterocycles. The minimum Gasteiger partial charge on any atom is -0.480 e. The van der Waals surface area contributed by atoms with Crippen molar-refractivity contribution in [3.05, 3.63) is 0 Å². The highest BCUT2D eigenvalue weighted by molar-refractivity contribution is 5.82. The minimum absolute atomic E-state index is 0.0460. The van der Waals surface area contributed by atoms with Gasteiger partial charge in [-0.3, -0.25) is 14.9 Å². The van der Waals surface area contributed by atoms with E-state index in [4.69, 9.17) is 11.5 Å². The van der Waals surface area contributed by atoms with E-state index in [1.165, 1.54) is 0 Å². The molecule has 0 aliphatic rings. The lowest BCUT2D eigenvalue weighted by atomic mass is 9.93. The summed E-state index contributed by atoms with van der Waals surface area (Å²) in [4.78, 5) is 22.3. The Balaban J connectivity index is 4.28. The zero-order valence-corrected chi connectivity index (χ0v) is 9.67. The molecule has 0 aromatic heterocycles. The Kier molecular flexibility index (Phi) is 6.19. The molecule has 1 amide bonds. The minimum atomic E-state index is -1.03. The van der Waals surface area contributed by atoms with Gasteiger partial charge in [-0.05, 0) is 12.8 Å². The van der Waals surface area contributed by atoms with Gasteiger partial charge < -0.3 is 10.4 Å². The average Bonchev–Trinajstić information content (AvgIpc) is 2.28. The van der Waals surface area contributed by atoms with Crippen LogP contribution >= 0.6 is 0 Å². The van der Waals surface area contributed by atoms with Crippen molar-refractivity contribution < 1.29 is 14.7 Å². The van der Waals surface area contributed by atoms with E-state index < -0.39 is 11.5 Å². The summed E-state index contributed by atoms with van der Waals surface area (Å²) in [6.07, 6.45) is 5.82. The Morgan fingerprint density at radius 1 is 1.38 bits per heavy atom. The lowest BCUT2D eigenvalue weighted by Crippen LogP contribution is -2.54. The highest BCUT2D eigenvalue weighted by Gasteiger charge is 2.34. The topological polar surface area (TPSA) is 78.4 Å². The second-order valence-corrected chi connectivity index (χ2v) is 3.43. The van der Waals surface area contributed by atoms with Crippen molar-refractivity contribution >= 4 is 11.9 Å². The molecule has 90 valence electrons. The maximum atomic E-state index is 11.2. The van der Waals surface area contributed by atoms with E-state index in [0.717, 1.165) is 0 Å². The van der Waals surface area contributed by atoms with Crippen molar-refractivity contribution in [1.82, 2.24) is 10.6 Å². The second kappa shape index (κ2) is 6.85. The number of carbonyl (C=O) groups excluding carboxylic acids is 1. The van der Waals surface area contributed by atoms with Crippen LogP contribution in [0.2, 0.25) is 0 Å². The fraction of sp³-hybridized carbons (Fsp3) is 0.636. The van der Waals surface area contributed by atoms with Crippen LogP contribution in [0.5, 0.6) is 0 Å². The van der Waals surface area contributed by atoms with Crippen molar-refractivity contribution in [3.63, 3.8) is 0 Å². The molecule has 0 aliphatic carbocycles. The summed E-state index contributed by atoms with van der Waals surface area (Å²) in [5, 5.41) is 14.3. The van der Waals surface area contributed by atoms with Crippen LogP contribution in [0.3, 0.4) is 0 Å². The first-order chi connectivity index (χ1) is 7.52. The van der Waals surface area contributed by atoms with E-state index in [0.29, 0.717) is 12.8 Å². The molecule has 0 bridgehead atoms. The maximum Gasteiger partial charge on any atom is 0.323 e. The molecule has 0 aromatic rings. The van der Waals surface area contributed by atoms with Gasteiger partial charge in [0.15, 0.2) is 0 Å². The standard InChI is InChI=1S/C11H18N2O3/c1-4-7-12-9(14)8-13-11(5-2,6-3)10(15)16/h1,13H,5-8H2,2-3H3,(H,12,14)(H,15,16). The van der Waals surface area contributed by atoms with Crippen LogP contribution in [0.25, 0.3) is 0 Å². The Bertz CT molecular complexity index is 290. The van der Waals surface area contributed by atoms with Crippen LogP contribution in [-0.2, 0) is 9.59 Å². The van der Waals surface area contributed by atoms with E-state index >= 15 is 0 Å². The van der Waals surface area contributed by atoms with Gasteiger partial charge in [-0.1, -0.05) is 19.8 Å². The molecule has 0 aromatic carbocycles. The second-order valence-electron chi connectivity index (χ2n) is 3.43. The normalized spacial score (nSPS) is 10.6. The first-order valence-corrected chi connectivity index (χ1v) is 5.21.